The summed E-state index contributed by atoms with van der Waals surface area (Å²) >= 11 is 0. The van der Waals surface area contributed by atoms with Crippen LogP contribution in [0.25, 0.3) is 11.1 Å². The molecule has 26 heavy (non-hydrogen) atoms. The SMILES string of the molecule is C=C1/C=C\C(c2ccccc2)=C/N(C)/C=C\C(c2ccccc2)=C/C1=C. The molecule has 0 unspecified atom stereocenters. The Labute approximate surface area is 156 Å². The fourth-order valence-electron chi connectivity index (χ4n) is 2.74. The molecular weight excluding hydrogens is 314 g/mol. The fraction of sp³-hybridized carbons (Fsp3) is 0.0400. The van der Waals surface area contributed by atoms with Gasteiger partial charge < -0.3 is 4.90 Å². The molecule has 0 fully saturated rings. The largest absolute Gasteiger partial charge is 0.357 e. The summed E-state index contributed by atoms with van der Waals surface area (Å²) in [5.74, 6) is 0. The van der Waals surface area contributed by atoms with Crippen molar-refractivity contribution in [2.45, 2.75) is 0 Å². The van der Waals surface area contributed by atoms with E-state index >= 15 is 0 Å². The maximum absolute atomic E-state index is 4.20. The average molecular weight is 337 g/mol. The minimum Gasteiger partial charge on any atom is -0.357 e. The summed E-state index contributed by atoms with van der Waals surface area (Å²) in [5.41, 5.74) is 6.35. The third kappa shape index (κ3) is 4.40. The standard InChI is InChI=1S/C25H23N/c1-20-14-15-25(23-12-8-5-9-13-23)19-26(3)17-16-24(18-21(20)2)22-10-6-4-7-11-22/h4-19H,1-2H2,3H3/b15-14-,17-16-,24-18+,25-19+. The van der Waals surface area contributed by atoms with Crippen molar-refractivity contribution in [1.29, 1.82) is 0 Å². The molecule has 1 aliphatic rings. The Bertz CT molecular complexity index is 909. The second-order valence-electron chi connectivity index (χ2n) is 6.28. The molecule has 0 saturated carbocycles. The van der Waals surface area contributed by atoms with E-state index in [-0.39, 0.29) is 0 Å². The van der Waals surface area contributed by atoms with Gasteiger partial charge in [-0.05, 0) is 45.6 Å². The molecule has 2 aromatic rings. The number of allylic oxidation sites excluding steroid dienone is 8. The molecule has 0 aliphatic carbocycles. The molecule has 0 N–H and O–H groups in total. The number of nitrogens with zero attached hydrogens (tertiary/aromatic N) is 1. The van der Waals surface area contributed by atoms with Gasteiger partial charge in [0.2, 0.25) is 0 Å². The molecule has 0 saturated heterocycles. The maximum Gasteiger partial charge on any atom is 0.0110 e. The van der Waals surface area contributed by atoms with Crippen molar-refractivity contribution in [3.8, 4) is 0 Å². The minimum absolute atomic E-state index is 0.901. The molecule has 0 spiro atoms. The van der Waals surface area contributed by atoms with Gasteiger partial charge in [0, 0.05) is 19.4 Å². The van der Waals surface area contributed by atoms with Crippen LogP contribution in [0.3, 0.4) is 0 Å². The van der Waals surface area contributed by atoms with Crippen molar-refractivity contribution in [2.75, 3.05) is 7.05 Å². The second kappa shape index (κ2) is 8.17. The summed E-state index contributed by atoms with van der Waals surface area (Å²) < 4.78 is 0. The number of hydrogen-bond donors (Lipinski definition) is 0. The van der Waals surface area contributed by atoms with E-state index in [0.29, 0.717) is 0 Å². The molecule has 1 aliphatic heterocycles. The van der Waals surface area contributed by atoms with Crippen LogP contribution in [-0.2, 0) is 0 Å². The summed E-state index contributed by atoms with van der Waals surface area (Å²) in [4.78, 5) is 2.07. The quantitative estimate of drug-likeness (QED) is 0.627. The lowest BCUT2D eigenvalue weighted by molar-refractivity contribution is 0.629. The third-order valence-electron chi connectivity index (χ3n) is 4.25. The van der Waals surface area contributed by atoms with Crippen LogP contribution in [0.15, 0.2) is 122 Å². The third-order valence-corrected chi connectivity index (χ3v) is 4.25. The Balaban J connectivity index is 2.04. The van der Waals surface area contributed by atoms with Crippen LogP contribution in [0.4, 0.5) is 0 Å². The molecule has 3 rings (SSSR count). The Morgan fingerprint density at radius 1 is 0.654 bits per heavy atom. The van der Waals surface area contributed by atoms with Gasteiger partial charge in [0.1, 0.15) is 0 Å². The highest BCUT2D eigenvalue weighted by Gasteiger charge is 2.04. The first-order valence-corrected chi connectivity index (χ1v) is 8.64. The minimum atomic E-state index is 0.901. The van der Waals surface area contributed by atoms with Gasteiger partial charge >= 0.3 is 0 Å². The first kappa shape index (κ1) is 17.5. The van der Waals surface area contributed by atoms with Crippen LogP contribution in [0.2, 0.25) is 0 Å². The number of hydrogen-bond acceptors (Lipinski definition) is 1. The predicted molar refractivity (Wildman–Crippen MR) is 113 cm³/mol. The van der Waals surface area contributed by atoms with Gasteiger partial charge in [-0.15, -0.1) is 0 Å². The Morgan fingerprint density at radius 2 is 1.23 bits per heavy atom. The molecule has 0 amide bonds. The van der Waals surface area contributed by atoms with Crippen LogP contribution >= 0.6 is 0 Å². The van der Waals surface area contributed by atoms with Crippen molar-refractivity contribution in [1.82, 2.24) is 4.90 Å². The van der Waals surface area contributed by atoms with E-state index in [2.05, 4.69) is 73.0 Å². The molecule has 128 valence electrons. The summed E-state index contributed by atoms with van der Waals surface area (Å²) in [6.07, 6.45) is 12.5. The highest BCUT2D eigenvalue weighted by atomic mass is 15.0. The Hall–Kier alpha value is -3.32. The van der Waals surface area contributed by atoms with Gasteiger partial charge in [-0.1, -0.05) is 86.0 Å². The van der Waals surface area contributed by atoms with Gasteiger partial charge in [0.25, 0.3) is 0 Å². The predicted octanol–water partition coefficient (Wildman–Crippen LogP) is 6.24. The molecule has 0 atom stereocenters. The molecule has 0 aromatic heterocycles. The molecule has 2 aromatic carbocycles. The zero-order chi connectivity index (χ0) is 18.4. The topological polar surface area (TPSA) is 3.24 Å². The highest BCUT2D eigenvalue weighted by molar-refractivity contribution is 5.79. The van der Waals surface area contributed by atoms with Crippen molar-refractivity contribution < 1.29 is 0 Å². The van der Waals surface area contributed by atoms with Gasteiger partial charge in [-0.3, -0.25) is 0 Å². The van der Waals surface area contributed by atoms with Crippen LogP contribution in [0.5, 0.6) is 0 Å². The van der Waals surface area contributed by atoms with Gasteiger partial charge in [0.05, 0.1) is 0 Å². The molecule has 1 nitrogen and oxygen atoms in total. The van der Waals surface area contributed by atoms with Crippen molar-refractivity contribution in [2.24, 2.45) is 0 Å². The first-order valence-electron chi connectivity index (χ1n) is 8.64. The van der Waals surface area contributed by atoms with E-state index in [1.54, 1.807) is 0 Å². The Kier molecular flexibility index (Phi) is 5.50. The lowest BCUT2D eigenvalue weighted by Crippen LogP contribution is -2.01. The average Bonchev–Trinajstić information content (AvgIpc) is 2.70. The van der Waals surface area contributed by atoms with Gasteiger partial charge in [-0.2, -0.15) is 0 Å². The molecule has 0 bridgehead atoms. The molecule has 1 heterocycles. The lowest BCUT2D eigenvalue weighted by atomic mass is 9.99. The van der Waals surface area contributed by atoms with Crippen LogP contribution in [0, 0.1) is 0 Å². The van der Waals surface area contributed by atoms with E-state index in [4.69, 9.17) is 0 Å². The second-order valence-corrected chi connectivity index (χ2v) is 6.28. The van der Waals surface area contributed by atoms with E-state index in [1.807, 2.05) is 49.5 Å². The summed E-state index contributed by atoms with van der Waals surface area (Å²) in [6, 6.07) is 20.7. The number of benzene rings is 2. The molecular formula is C25H23N. The molecule has 0 radical (unpaired) electrons. The van der Waals surface area contributed by atoms with Gasteiger partial charge in [-0.25, -0.2) is 0 Å². The smallest absolute Gasteiger partial charge is 0.0110 e. The Morgan fingerprint density at radius 3 is 1.85 bits per heavy atom. The molecule has 1 heteroatoms. The lowest BCUT2D eigenvalue weighted by Gasteiger charge is -2.11. The van der Waals surface area contributed by atoms with E-state index in [1.165, 1.54) is 0 Å². The summed E-state index contributed by atoms with van der Waals surface area (Å²) in [7, 11) is 2.04. The van der Waals surface area contributed by atoms with Gasteiger partial charge in [0.15, 0.2) is 0 Å². The monoisotopic (exact) mass is 337 g/mol. The van der Waals surface area contributed by atoms with Crippen molar-refractivity contribution in [3.63, 3.8) is 0 Å². The van der Waals surface area contributed by atoms with E-state index < -0.39 is 0 Å². The zero-order valence-electron chi connectivity index (χ0n) is 15.1. The number of rotatable bonds is 2. The normalized spacial score (nSPS) is 21.8. The van der Waals surface area contributed by atoms with Crippen molar-refractivity contribution >= 4 is 11.1 Å². The summed E-state index contributed by atoms with van der Waals surface area (Å²) in [6.45, 7) is 8.38. The van der Waals surface area contributed by atoms with Crippen LogP contribution in [-0.4, -0.2) is 11.9 Å². The maximum atomic E-state index is 4.20. The van der Waals surface area contributed by atoms with E-state index in [0.717, 1.165) is 33.4 Å². The van der Waals surface area contributed by atoms with Crippen molar-refractivity contribution in [3.05, 3.63) is 133 Å². The van der Waals surface area contributed by atoms with E-state index in [9.17, 15) is 0 Å². The van der Waals surface area contributed by atoms with Crippen LogP contribution < -0.4 is 0 Å². The fourth-order valence-corrected chi connectivity index (χ4v) is 2.74. The zero-order valence-corrected chi connectivity index (χ0v) is 15.1. The summed E-state index contributed by atoms with van der Waals surface area (Å²) in [5, 5.41) is 0. The first-order chi connectivity index (χ1) is 12.6. The highest BCUT2D eigenvalue weighted by Crippen LogP contribution is 2.24. The van der Waals surface area contributed by atoms with Crippen LogP contribution in [0.1, 0.15) is 11.1 Å².